The average Bonchev–Trinajstić information content (AvgIpc) is 2.03. The van der Waals surface area contributed by atoms with Gasteiger partial charge in [0, 0.05) is 12.8 Å². The van der Waals surface area contributed by atoms with Crippen LogP contribution in [-0.2, 0) is 4.79 Å². The summed E-state index contributed by atoms with van der Waals surface area (Å²) >= 11 is 0. The van der Waals surface area contributed by atoms with Crippen molar-refractivity contribution in [1.82, 2.24) is 5.32 Å². The van der Waals surface area contributed by atoms with Crippen molar-refractivity contribution in [2.75, 3.05) is 6.54 Å². The molecule has 0 amide bonds. The van der Waals surface area contributed by atoms with Crippen LogP contribution in [0.4, 0.5) is 8.78 Å². The van der Waals surface area contributed by atoms with E-state index in [4.69, 9.17) is 10.5 Å². The van der Waals surface area contributed by atoms with Gasteiger partial charge in [0.1, 0.15) is 5.57 Å². The number of halogens is 2. The Hall–Kier alpha value is -1.46. The molecule has 3 N–H and O–H groups in total. The second kappa shape index (κ2) is 5.23. The van der Waals surface area contributed by atoms with Crippen LogP contribution in [0.5, 0.6) is 0 Å². The topological polar surface area (TPSA) is 73.2 Å². The van der Waals surface area contributed by atoms with Gasteiger partial charge in [-0.3, -0.25) is 0 Å². The molecule has 0 bridgehead atoms. The summed E-state index contributed by atoms with van der Waals surface area (Å²) in [6.45, 7) is 1.75. The van der Waals surface area contributed by atoms with Gasteiger partial charge in [-0.25, -0.2) is 13.6 Å². The minimum atomic E-state index is -2.91. The third-order valence-electron chi connectivity index (χ3n) is 1.25. The molecule has 13 heavy (non-hydrogen) atoms. The van der Waals surface area contributed by atoms with Crippen molar-refractivity contribution < 1.29 is 18.7 Å². The minimum absolute atomic E-state index is 0.185. The van der Waals surface area contributed by atoms with Crippen LogP contribution in [-0.4, -0.2) is 30.3 Å². The Morgan fingerprint density at radius 2 is 2.23 bits per heavy atom. The van der Waals surface area contributed by atoms with Crippen LogP contribution in [0.25, 0.3) is 0 Å². The molecule has 6 heteroatoms. The number of hydrogen-bond acceptors (Lipinski definition) is 3. The maximum atomic E-state index is 12.2. The monoisotopic (exact) mass is 192 g/mol. The fourth-order valence-corrected chi connectivity index (χ4v) is 0.735. The first-order valence-corrected chi connectivity index (χ1v) is 3.54. The summed E-state index contributed by atoms with van der Waals surface area (Å²) in [5, 5.41) is 17.3. The van der Waals surface area contributed by atoms with E-state index in [2.05, 4.69) is 5.32 Å². The maximum absolute atomic E-state index is 12.2. The van der Waals surface area contributed by atoms with Crippen molar-refractivity contribution in [2.24, 2.45) is 0 Å². The van der Waals surface area contributed by atoms with Crippen molar-refractivity contribution in [3.05, 3.63) is 11.3 Å². The Morgan fingerprint density at radius 1 is 1.69 bits per heavy atom. The van der Waals surface area contributed by atoms with Gasteiger partial charge in [-0.2, -0.15) is 0 Å². The normalized spacial score (nSPS) is 12.3. The number of allylic oxidation sites excluding steroid dienone is 1. The average molecular weight is 192 g/mol. The predicted octanol–water partition coefficient (Wildman–Crippen LogP) is 0.849. The van der Waals surface area contributed by atoms with Gasteiger partial charge in [-0.15, -0.1) is 0 Å². The lowest BCUT2D eigenvalue weighted by Gasteiger charge is -2.09. The molecule has 0 spiro atoms. The molecule has 0 aromatic rings. The minimum Gasteiger partial charge on any atom is -0.478 e. The second-order valence-corrected chi connectivity index (χ2v) is 2.11. The number of alkyl halides is 2. The largest absolute Gasteiger partial charge is 0.478 e. The van der Waals surface area contributed by atoms with Crippen LogP contribution in [0, 0.1) is 5.41 Å². The molecule has 0 heterocycles. The molecule has 0 aromatic heterocycles. The zero-order valence-corrected chi connectivity index (χ0v) is 6.97. The van der Waals surface area contributed by atoms with E-state index in [1.165, 1.54) is 0 Å². The molecule has 0 radical (unpaired) electrons. The first-order valence-electron chi connectivity index (χ1n) is 3.54. The van der Waals surface area contributed by atoms with Gasteiger partial charge in [0.15, 0.2) is 0 Å². The van der Waals surface area contributed by atoms with Gasteiger partial charge in [0.2, 0.25) is 0 Å². The first-order chi connectivity index (χ1) is 6.04. The quantitative estimate of drug-likeness (QED) is 0.446. The van der Waals surface area contributed by atoms with Crippen molar-refractivity contribution in [3.8, 4) is 0 Å². The molecule has 74 valence electrons. The number of hydrogen-bond donors (Lipinski definition) is 3. The van der Waals surface area contributed by atoms with E-state index in [0.29, 0.717) is 6.21 Å². The number of rotatable bonds is 5. The van der Waals surface area contributed by atoms with Gasteiger partial charge in [-0.05, 0) is 6.92 Å². The van der Waals surface area contributed by atoms with Crippen molar-refractivity contribution in [2.45, 2.75) is 13.3 Å². The van der Waals surface area contributed by atoms with E-state index in [1.807, 2.05) is 0 Å². The van der Waals surface area contributed by atoms with Crippen LogP contribution >= 0.6 is 0 Å². The standard InChI is InChI=1S/C7H10F2N2O2/c1-2-11-5(6(8)9)4(3-10)7(12)13/h3,6,10-11H,2H2,1H3,(H,12,13)/b5-4+,10-3?. The molecule has 0 aromatic carbocycles. The third-order valence-corrected chi connectivity index (χ3v) is 1.25. The Morgan fingerprint density at radius 3 is 2.46 bits per heavy atom. The molecule has 0 saturated carbocycles. The van der Waals surface area contributed by atoms with Crippen LogP contribution in [0.2, 0.25) is 0 Å². The number of carboxylic acids is 1. The van der Waals surface area contributed by atoms with Crippen LogP contribution in [0.1, 0.15) is 6.92 Å². The van der Waals surface area contributed by atoms with Crippen LogP contribution in [0.3, 0.4) is 0 Å². The summed E-state index contributed by atoms with van der Waals surface area (Å²) in [4.78, 5) is 10.4. The molecule has 0 rings (SSSR count). The molecular formula is C7H10F2N2O2. The highest BCUT2D eigenvalue weighted by Gasteiger charge is 2.19. The maximum Gasteiger partial charge on any atom is 0.339 e. The van der Waals surface area contributed by atoms with Gasteiger partial charge >= 0.3 is 5.97 Å². The zero-order valence-electron chi connectivity index (χ0n) is 6.97. The van der Waals surface area contributed by atoms with E-state index < -0.39 is 23.7 Å². The third kappa shape index (κ3) is 3.18. The smallest absolute Gasteiger partial charge is 0.339 e. The van der Waals surface area contributed by atoms with Gasteiger partial charge in [0.05, 0.1) is 5.70 Å². The number of aliphatic carboxylic acids is 1. The predicted molar refractivity (Wildman–Crippen MR) is 43.1 cm³/mol. The second-order valence-electron chi connectivity index (χ2n) is 2.11. The van der Waals surface area contributed by atoms with E-state index >= 15 is 0 Å². The molecule has 0 atom stereocenters. The Labute approximate surface area is 73.8 Å². The van der Waals surface area contributed by atoms with Crippen molar-refractivity contribution in [1.29, 1.82) is 5.41 Å². The molecular weight excluding hydrogens is 182 g/mol. The Balaban J connectivity index is 5.00. The van der Waals surface area contributed by atoms with Crippen LogP contribution in [0.15, 0.2) is 11.3 Å². The molecule has 0 aliphatic rings. The highest BCUT2D eigenvalue weighted by atomic mass is 19.3. The van der Waals surface area contributed by atoms with E-state index in [1.54, 1.807) is 6.92 Å². The zero-order chi connectivity index (χ0) is 10.4. The van der Waals surface area contributed by atoms with Gasteiger partial charge in [-0.1, -0.05) is 0 Å². The number of nitrogens with one attached hydrogen (secondary N) is 2. The molecule has 0 aliphatic carbocycles. The summed E-state index contributed by atoms with van der Waals surface area (Å²) in [7, 11) is 0. The summed E-state index contributed by atoms with van der Waals surface area (Å²) in [5.74, 6) is -1.54. The molecule has 0 fully saturated rings. The lowest BCUT2D eigenvalue weighted by Crippen LogP contribution is -2.24. The summed E-state index contributed by atoms with van der Waals surface area (Å²) < 4.78 is 24.4. The van der Waals surface area contributed by atoms with E-state index in [-0.39, 0.29) is 6.54 Å². The Kier molecular flexibility index (Phi) is 4.64. The number of carboxylic acid groups (broad SMARTS) is 1. The number of carbonyl (C=O) groups is 1. The van der Waals surface area contributed by atoms with Crippen molar-refractivity contribution in [3.63, 3.8) is 0 Å². The van der Waals surface area contributed by atoms with Crippen molar-refractivity contribution >= 4 is 12.2 Å². The lowest BCUT2D eigenvalue weighted by atomic mass is 10.2. The lowest BCUT2D eigenvalue weighted by molar-refractivity contribution is -0.132. The summed E-state index contributed by atoms with van der Waals surface area (Å²) in [6.07, 6.45) is -2.51. The van der Waals surface area contributed by atoms with Gasteiger partial charge in [0.25, 0.3) is 6.43 Å². The van der Waals surface area contributed by atoms with Crippen LogP contribution < -0.4 is 5.32 Å². The van der Waals surface area contributed by atoms with E-state index in [0.717, 1.165) is 0 Å². The highest BCUT2D eigenvalue weighted by Crippen LogP contribution is 2.09. The summed E-state index contributed by atoms with van der Waals surface area (Å²) in [6, 6.07) is 0. The molecule has 0 saturated heterocycles. The SMILES string of the molecule is CCN/C(=C(\C=N)C(=O)O)C(F)F. The molecule has 4 nitrogen and oxygen atoms in total. The fraction of sp³-hybridized carbons (Fsp3) is 0.429. The first kappa shape index (κ1) is 11.5. The highest BCUT2D eigenvalue weighted by molar-refractivity contribution is 6.08. The molecule has 0 unspecified atom stereocenters. The molecule has 0 aliphatic heterocycles. The van der Waals surface area contributed by atoms with Gasteiger partial charge < -0.3 is 15.8 Å². The Bertz CT molecular complexity index is 239. The summed E-state index contributed by atoms with van der Waals surface area (Å²) in [5.41, 5.74) is -1.43. The fourth-order valence-electron chi connectivity index (χ4n) is 0.735. The van der Waals surface area contributed by atoms with E-state index in [9.17, 15) is 13.6 Å².